The highest BCUT2D eigenvalue weighted by molar-refractivity contribution is 9.10. The molecule has 3 atom stereocenters. The van der Waals surface area contributed by atoms with E-state index < -0.39 is 0 Å². The highest BCUT2D eigenvalue weighted by atomic mass is 79.9. The van der Waals surface area contributed by atoms with Crippen molar-refractivity contribution in [2.24, 2.45) is 5.92 Å². The average molecular weight is 759 g/mol. The molecular formula is C52H40BrN. The van der Waals surface area contributed by atoms with Crippen molar-refractivity contribution in [3.63, 3.8) is 0 Å². The van der Waals surface area contributed by atoms with Gasteiger partial charge in [-0.05, 0) is 117 Å². The zero-order valence-electron chi connectivity index (χ0n) is 30.5. The number of aromatic nitrogens is 1. The largest absolute Gasteiger partial charge is 0.309 e. The summed E-state index contributed by atoms with van der Waals surface area (Å²) in [4.78, 5) is 0. The van der Waals surface area contributed by atoms with Crippen LogP contribution in [0.25, 0.3) is 44.2 Å². The van der Waals surface area contributed by atoms with Gasteiger partial charge in [0.1, 0.15) is 0 Å². The van der Waals surface area contributed by atoms with E-state index in [9.17, 15) is 0 Å². The number of fused-ring (bicyclic) bond motifs is 6. The van der Waals surface area contributed by atoms with Crippen molar-refractivity contribution in [3.05, 3.63) is 225 Å². The van der Waals surface area contributed by atoms with E-state index in [4.69, 9.17) is 0 Å². The number of nitrogens with zero attached hydrogens (tertiary/aromatic N) is 1. The lowest BCUT2D eigenvalue weighted by molar-refractivity contribution is 0.580. The summed E-state index contributed by atoms with van der Waals surface area (Å²) in [5.41, 5.74) is 18.7. The van der Waals surface area contributed by atoms with Gasteiger partial charge in [-0.1, -0.05) is 162 Å². The smallest absolute Gasteiger partial charge is 0.0552 e. The Morgan fingerprint density at radius 3 is 2.06 bits per heavy atom. The van der Waals surface area contributed by atoms with Crippen LogP contribution in [0.2, 0.25) is 0 Å². The van der Waals surface area contributed by atoms with Gasteiger partial charge in [0.15, 0.2) is 0 Å². The Balaban J connectivity index is 1.16. The molecule has 54 heavy (non-hydrogen) atoms. The number of hydrogen-bond acceptors (Lipinski definition) is 0. The second-order valence-corrected chi connectivity index (χ2v) is 15.9. The lowest BCUT2D eigenvalue weighted by atomic mass is 9.72. The molecule has 2 aliphatic carbocycles. The van der Waals surface area contributed by atoms with Crippen LogP contribution in [-0.4, -0.2) is 4.57 Å². The highest BCUT2D eigenvalue weighted by Crippen LogP contribution is 2.57. The summed E-state index contributed by atoms with van der Waals surface area (Å²) in [6.45, 7) is 4.83. The number of hydrogen-bond donors (Lipinski definition) is 0. The Morgan fingerprint density at radius 2 is 1.28 bits per heavy atom. The molecule has 0 saturated heterocycles. The molecule has 2 aliphatic rings. The minimum atomic E-state index is 0.251. The van der Waals surface area contributed by atoms with E-state index in [2.05, 4.69) is 210 Å². The summed E-state index contributed by atoms with van der Waals surface area (Å²) < 4.78 is 3.50. The number of benzene rings is 7. The third kappa shape index (κ3) is 5.35. The maximum Gasteiger partial charge on any atom is 0.0552 e. The molecule has 260 valence electrons. The van der Waals surface area contributed by atoms with Crippen LogP contribution < -0.4 is 0 Å². The molecule has 1 aromatic heterocycles. The quantitative estimate of drug-likeness (QED) is 0.159. The second-order valence-electron chi connectivity index (χ2n) is 15.1. The van der Waals surface area contributed by atoms with Gasteiger partial charge < -0.3 is 4.57 Å². The minimum absolute atomic E-state index is 0.251. The molecule has 1 heterocycles. The number of rotatable bonds is 6. The van der Waals surface area contributed by atoms with Gasteiger partial charge in [-0.3, -0.25) is 0 Å². The monoisotopic (exact) mass is 757 g/mol. The van der Waals surface area contributed by atoms with Crippen molar-refractivity contribution in [1.82, 2.24) is 4.57 Å². The number of allylic oxidation sites excluding steroid dienone is 4. The van der Waals surface area contributed by atoms with Crippen LogP contribution in [0.3, 0.4) is 0 Å². The fraction of sp³-hybridized carbons (Fsp3) is 0.115. The maximum absolute atomic E-state index is 3.93. The van der Waals surface area contributed by atoms with Gasteiger partial charge in [0.2, 0.25) is 0 Å². The van der Waals surface area contributed by atoms with Gasteiger partial charge in [-0.2, -0.15) is 0 Å². The van der Waals surface area contributed by atoms with Crippen molar-refractivity contribution >= 4 is 43.3 Å². The van der Waals surface area contributed by atoms with Crippen LogP contribution in [-0.2, 0) is 6.42 Å². The van der Waals surface area contributed by atoms with E-state index in [0.717, 1.165) is 10.9 Å². The van der Waals surface area contributed by atoms with Gasteiger partial charge in [0, 0.05) is 32.8 Å². The third-order valence-corrected chi connectivity index (χ3v) is 12.8. The molecule has 1 nitrogen and oxygen atoms in total. The first-order chi connectivity index (χ1) is 26.5. The summed E-state index contributed by atoms with van der Waals surface area (Å²) >= 11 is 3.93. The average Bonchev–Trinajstić information content (AvgIpc) is 3.74. The predicted octanol–water partition coefficient (Wildman–Crippen LogP) is 14.1. The zero-order valence-corrected chi connectivity index (χ0v) is 32.1. The standard InChI is InChI=1S/C52H40BrN/c1-33-34(2)50-41-21-12-13-22-42(41)51(36-17-8-4-9-18-36)46(50)32-43(33)44-30-37(25-26-39(44)29-35-15-6-3-7-16-35)38-27-28-48-45(31-38)52-47(53)23-14-24-49(52)54(48)40-19-10-5-11-20-40/h3-28,30-32,34,50-51H,29H2,1-2H3. The van der Waals surface area contributed by atoms with Crippen LogP contribution in [0.4, 0.5) is 0 Å². The SMILES string of the molecule is CC1=C(c2cc(-c3ccc4c(c3)c3c(Br)cccc3n4-c3ccccc3)ccc2Cc2ccccc2)C=C2C(c3ccccc3)c3ccccc3C2C1C. The summed E-state index contributed by atoms with van der Waals surface area (Å²) in [5.74, 6) is 1.00. The molecule has 7 aromatic carbocycles. The Labute approximate surface area is 326 Å². The molecule has 2 heteroatoms. The van der Waals surface area contributed by atoms with Gasteiger partial charge in [0.05, 0.1) is 11.0 Å². The van der Waals surface area contributed by atoms with E-state index in [1.165, 1.54) is 88.7 Å². The summed E-state index contributed by atoms with van der Waals surface area (Å²) in [6.07, 6.45) is 3.46. The van der Waals surface area contributed by atoms with E-state index in [-0.39, 0.29) is 5.92 Å². The van der Waals surface area contributed by atoms with Crippen molar-refractivity contribution in [1.29, 1.82) is 0 Å². The van der Waals surface area contributed by atoms with Gasteiger partial charge >= 0.3 is 0 Å². The summed E-state index contributed by atoms with van der Waals surface area (Å²) in [7, 11) is 0. The van der Waals surface area contributed by atoms with Gasteiger partial charge in [0.25, 0.3) is 0 Å². The van der Waals surface area contributed by atoms with E-state index in [0.29, 0.717) is 11.8 Å². The first-order valence-electron chi connectivity index (χ1n) is 19.1. The second kappa shape index (κ2) is 13.3. The number of para-hydroxylation sites is 1. The Hall–Kier alpha value is -5.70. The van der Waals surface area contributed by atoms with Gasteiger partial charge in [-0.25, -0.2) is 0 Å². The molecule has 0 saturated carbocycles. The van der Waals surface area contributed by atoms with Crippen molar-refractivity contribution < 1.29 is 0 Å². The van der Waals surface area contributed by atoms with Crippen LogP contribution in [0, 0.1) is 5.92 Å². The van der Waals surface area contributed by atoms with E-state index in [1.807, 2.05) is 0 Å². The predicted molar refractivity (Wildman–Crippen MR) is 230 cm³/mol. The molecule has 8 aromatic rings. The topological polar surface area (TPSA) is 4.93 Å². The Bertz CT molecular complexity index is 2770. The summed E-state index contributed by atoms with van der Waals surface area (Å²) in [6, 6.07) is 62.7. The minimum Gasteiger partial charge on any atom is -0.309 e. The van der Waals surface area contributed by atoms with E-state index in [1.54, 1.807) is 0 Å². The lowest BCUT2D eigenvalue weighted by Crippen LogP contribution is -2.17. The Morgan fingerprint density at radius 1 is 0.611 bits per heavy atom. The molecule has 0 N–H and O–H groups in total. The molecule has 0 radical (unpaired) electrons. The van der Waals surface area contributed by atoms with Crippen LogP contribution in [0.1, 0.15) is 59.1 Å². The summed E-state index contributed by atoms with van der Waals surface area (Å²) in [5, 5.41) is 2.48. The maximum atomic E-state index is 3.93. The lowest BCUT2D eigenvalue weighted by Gasteiger charge is -2.32. The number of halogens is 1. The van der Waals surface area contributed by atoms with Crippen molar-refractivity contribution in [2.45, 2.75) is 32.1 Å². The van der Waals surface area contributed by atoms with Crippen LogP contribution >= 0.6 is 15.9 Å². The van der Waals surface area contributed by atoms with Crippen molar-refractivity contribution in [3.8, 4) is 16.8 Å². The first kappa shape index (κ1) is 32.9. The van der Waals surface area contributed by atoms with Crippen molar-refractivity contribution in [2.75, 3.05) is 0 Å². The zero-order chi connectivity index (χ0) is 36.3. The first-order valence-corrected chi connectivity index (χ1v) is 19.9. The Kier molecular flexibility index (Phi) is 8.11. The fourth-order valence-corrected chi connectivity index (χ4v) is 10.0. The molecule has 3 unspecified atom stereocenters. The molecule has 0 fully saturated rings. The third-order valence-electron chi connectivity index (χ3n) is 12.1. The van der Waals surface area contributed by atoms with Crippen LogP contribution in [0.15, 0.2) is 192 Å². The molecule has 0 amide bonds. The molecule has 10 rings (SSSR count). The fourth-order valence-electron chi connectivity index (χ4n) is 9.45. The normalized spacial score (nSPS) is 17.8. The molecular weight excluding hydrogens is 718 g/mol. The highest BCUT2D eigenvalue weighted by Gasteiger charge is 2.42. The van der Waals surface area contributed by atoms with Gasteiger partial charge in [-0.15, -0.1) is 0 Å². The molecule has 0 aliphatic heterocycles. The van der Waals surface area contributed by atoms with Crippen LogP contribution in [0.5, 0.6) is 0 Å². The molecule has 0 spiro atoms. The molecule has 0 bridgehead atoms. The van der Waals surface area contributed by atoms with E-state index >= 15 is 0 Å².